The number of hydrogen-bond donors (Lipinski definition) is 2. The van der Waals surface area contributed by atoms with Crippen LogP contribution in [0.1, 0.15) is 27.6 Å². The molecule has 3 heterocycles. The van der Waals surface area contributed by atoms with Crippen molar-refractivity contribution in [3.8, 4) is 28.3 Å². The van der Waals surface area contributed by atoms with Gasteiger partial charge in [-0.1, -0.05) is 0 Å². The van der Waals surface area contributed by atoms with E-state index >= 15 is 0 Å². The van der Waals surface area contributed by atoms with Gasteiger partial charge in [0.05, 0.1) is 25.0 Å². The first kappa shape index (κ1) is 22.8. The molecule has 0 saturated carbocycles. The third-order valence-corrected chi connectivity index (χ3v) is 5.10. The number of pyridine rings is 2. The maximum absolute atomic E-state index is 13.5. The molecule has 4 rings (SSSR count). The van der Waals surface area contributed by atoms with Gasteiger partial charge in [0, 0.05) is 28.7 Å². The summed E-state index contributed by atoms with van der Waals surface area (Å²) in [6.45, 7) is 3.85. The molecule has 172 valence electrons. The van der Waals surface area contributed by atoms with Crippen LogP contribution < -0.4 is 15.8 Å². The van der Waals surface area contributed by atoms with E-state index in [4.69, 9.17) is 10.5 Å². The van der Waals surface area contributed by atoms with Crippen LogP contribution in [-0.4, -0.2) is 33.0 Å². The highest BCUT2D eigenvalue weighted by molar-refractivity contribution is 5.98. The van der Waals surface area contributed by atoms with Gasteiger partial charge in [0.1, 0.15) is 17.3 Å². The summed E-state index contributed by atoms with van der Waals surface area (Å²) in [6.07, 6.45) is 1.61. The largest absolute Gasteiger partial charge is 0.495 e. The minimum absolute atomic E-state index is 0.0251. The number of rotatable bonds is 6. The number of aromatic nitrogens is 4. The maximum atomic E-state index is 13.5. The minimum Gasteiger partial charge on any atom is -0.495 e. The van der Waals surface area contributed by atoms with Gasteiger partial charge in [0.2, 0.25) is 0 Å². The average molecular weight is 458 g/mol. The van der Waals surface area contributed by atoms with Crippen molar-refractivity contribution in [3.05, 3.63) is 83.3 Å². The van der Waals surface area contributed by atoms with Gasteiger partial charge in [-0.3, -0.25) is 14.8 Å². The molecule has 9 heteroatoms. The highest BCUT2D eigenvalue weighted by Gasteiger charge is 2.21. The molecule has 3 aromatic heterocycles. The van der Waals surface area contributed by atoms with Gasteiger partial charge in [-0.25, -0.2) is 14.4 Å². The number of halogens is 1. The van der Waals surface area contributed by atoms with Crippen molar-refractivity contribution in [2.24, 2.45) is 0 Å². The smallest absolute Gasteiger partial charge is 0.274 e. The predicted octanol–water partition coefficient (Wildman–Crippen LogP) is 3.88. The van der Waals surface area contributed by atoms with E-state index in [1.54, 1.807) is 30.5 Å². The Labute approximate surface area is 196 Å². The van der Waals surface area contributed by atoms with Gasteiger partial charge in [0.15, 0.2) is 11.5 Å². The number of ether oxygens (including phenoxy) is 1. The topological polar surface area (TPSA) is 116 Å². The Balaban J connectivity index is 1.76. The first-order valence-corrected chi connectivity index (χ1v) is 10.5. The number of nitrogens with zero attached hydrogens (tertiary/aromatic N) is 4. The number of hydrogen-bond acceptors (Lipinski definition) is 7. The molecule has 34 heavy (non-hydrogen) atoms. The standard InChI is InChI=1S/C25H23FN6O2/c1-14-11-17(12-15(2)30-14)22-21(16-6-8-18(26)9-7-16)32-24(27)23(31-22)25(33)29-13-19-20(34-3)5-4-10-28-19/h4-12H,13H2,1-3H3,(H2,27,32)(H,29,33). The normalized spacial score (nSPS) is 10.7. The van der Waals surface area contributed by atoms with Crippen molar-refractivity contribution in [3.63, 3.8) is 0 Å². The van der Waals surface area contributed by atoms with Crippen LogP contribution in [0.5, 0.6) is 5.75 Å². The molecule has 4 aromatic rings. The Morgan fingerprint density at radius 1 is 1.00 bits per heavy atom. The molecule has 0 aliphatic carbocycles. The molecular formula is C25H23FN6O2. The van der Waals surface area contributed by atoms with Crippen LogP contribution in [0, 0.1) is 19.7 Å². The molecule has 0 aliphatic rings. The Bertz CT molecular complexity index is 1340. The first-order valence-electron chi connectivity index (χ1n) is 10.5. The van der Waals surface area contributed by atoms with Crippen LogP contribution in [0.25, 0.3) is 22.5 Å². The van der Waals surface area contributed by atoms with Gasteiger partial charge in [-0.15, -0.1) is 0 Å². The molecule has 0 atom stereocenters. The van der Waals surface area contributed by atoms with Crippen molar-refractivity contribution in [1.82, 2.24) is 25.3 Å². The molecule has 0 spiro atoms. The van der Waals surface area contributed by atoms with Crippen LogP contribution in [0.2, 0.25) is 0 Å². The van der Waals surface area contributed by atoms with E-state index in [9.17, 15) is 9.18 Å². The zero-order valence-electron chi connectivity index (χ0n) is 19.0. The van der Waals surface area contributed by atoms with Gasteiger partial charge in [-0.05, 0) is 62.4 Å². The molecule has 0 saturated heterocycles. The van der Waals surface area contributed by atoms with E-state index in [2.05, 4.69) is 25.3 Å². The minimum atomic E-state index is -0.507. The third-order valence-electron chi connectivity index (χ3n) is 5.10. The van der Waals surface area contributed by atoms with Crippen molar-refractivity contribution in [2.45, 2.75) is 20.4 Å². The van der Waals surface area contributed by atoms with Crippen molar-refractivity contribution < 1.29 is 13.9 Å². The summed E-state index contributed by atoms with van der Waals surface area (Å²) < 4.78 is 18.8. The number of aryl methyl sites for hydroxylation is 2. The van der Waals surface area contributed by atoms with E-state index in [-0.39, 0.29) is 23.9 Å². The molecule has 0 unspecified atom stereocenters. The Morgan fingerprint density at radius 2 is 1.68 bits per heavy atom. The van der Waals surface area contributed by atoms with Crippen molar-refractivity contribution >= 4 is 11.7 Å². The van der Waals surface area contributed by atoms with Crippen LogP contribution in [0.15, 0.2) is 54.7 Å². The molecular weight excluding hydrogens is 435 g/mol. The molecule has 1 amide bonds. The number of amides is 1. The monoisotopic (exact) mass is 458 g/mol. The van der Waals surface area contributed by atoms with Crippen LogP contribution >= 0.6 is 0 Å². The quantitative estimate of drug-likeness (QED) is 0.450. The Kier molecular flexibility index (Phi) is 6.44. The average Bonchev–Trinajstić information content (AvgIpc) is 2.82. The number of carbonyl (C=O) groups is 1. The number of methoxy groups -OCH3 is 1. The first-order chi connectivity index (χ1) is 16.4. The highest BCUT2D eigenvalue weighted by Crippen LogP contribution is 2.31. The SMILES string of the molecule is COc1cccnc1CNC(=O)c1nc(-c2cc(C)nc(C)c2)c(-c2ccc(F)cc2)nc1N. The second-order valence-electron chi connectivity index (χ2n) is 7.64. The van der Waals surface area contributed by atoms with E-state index < -0.39 is 5.91 Å². The highest BCUT2D eigenvalue weighted by atomic mass is 19.1. The predicted molar refractivity (Wildman–Crippen MR) is 127 cm³/mol. The Morgan fingerprint density at radius 3 is 2.35 bits per heavy atom. The van der Waals surface area contributed by atoms with Crippen molar-refractivity contribution in [2.75, 3.05) is 12.8 Å². The number of benzene rings is 1. The van der Waals surface area contributed by atoms with Gasteiger partial charge in [-0.2, -0.15) is 0 Å². The lowest BCUT2D eigenvalue weighted by atomic mass is 10.0. The summed E-state index contributed by atoms with van der Waals surface area (Å²) in [5.74, 6) is -0.372. The fourth-order valence-electron chi connectivity index (χ4n) is 3.59. The summed E-state index contributed by atoms with van der Waals surface area (Å²) in [7, 11) is 1.53. The van der Waals surface area contributed by atoms with E-state index in [1.165, 1.54) is 19.2 Å². The summed E-state index contributed by atoms with van der Waals surface area (Å²) in [4.78, 5) is 30.8. The molecule has 0 radical (unpaired) electrons. The van der Waals surface area contributed by atoms with E-state index in [1.807, 2.05) is 26.0 Å². The second kappa shape index (κ2) is 9.62. The molecule has 1 aromatic carbocycles. The van der Waals surface area contributed by atoms with E-state index in [0.29, 0.717) is 28.4 Å². The zero-order valence-corrected chi connectivity index (χ0v) is 19.0. The van der Waals surface area contributed by atoms with Crippen LogP contribution in [0.4, 0.5) is 10.2 Å². The summed E-state index contributed by atoms with van der Waals surface area (Å²) in [6, 6.07) is 13.1. The van der Waals surface area contributed by atoms with Crippen molar-refractivity contribution in [1.29, 1.82) is 0 Å². The number of nitrogen functional groups attached to an aromatic ring is 1. The van der Waals surface area contributed by atoms with Crippen LogP contribution in [0.3, 0.4) is 0 Å². The summed E-state index contributed by atoms with van der Waals surface area (Å²) in [5.41, 5.74) is 10.5. The molecule has 8 nitrogen and oxygen atoms in total. The van der Waals surface area contributed by atoms with Gasteiger partial charge < -0.3 is 15.8 Å². The lowest BCUT2D eigenvalue weighted by molar-refractivity contribution is 0.0946. The number of nitrogens with one attached hydrogen (secondary N) is 1. The maximum Gasteiger partial charge on any atom is 0.274 e. The second-order valence-corrected chi connectivity index (χ2v) is 7.64. The summed E-state index contributed by atoms with van der Waals surface area (Å²) >= 11 is 0. The lowest BCUT2D eigenvalue weighted by Gasteiger charge is -2.14. The fourth-order valence-corrected chi connectivity index (χ4v) is 3.59. The molecule has 3 N–H and O–H groups in total. The molecule has 0 aliphatic heterocycles. The zero-order chi connectivity index (χ0) is 24.2. The van der Waals surface area contributed by atoms with E-state index in [0.717, 1.165) is 17.0 Å². The Hall–Kier alpha value is -4.40. The molecule has 0 fully saturated rings. The number of nitrogens with two attached hydrogens (primary N) is 1. The fraction of sp³-hybridized carbons (Fsp3) is 0.160. The molecule has 0 bridgehead atoms. The van der Waals surface area contributed by atoms with Gasteiger partial charge in [0.25, 0.3) is 5.91 Å². The van der Waals surface area contributed by atoms with Crippen LogP contribution in [-0.2, 0) is 6.54 Å². The summed E-state index contributed by atoms with van der Waals surface area (Å²) in [5, 5.41) is 2.77. The number of carbonyl (C=O) groups excluding carboxylic acids is 1. The number of anilines is 1. The lowest BCUT2D eigenvalue weighted by Crippen LogP contribution is -2.26. The van der Waals surface area contributed by atoms with Gasteiger partial charge >= 0.3 is 0 Å². The third kappa shape index (κ3) is 4.83.